The molecule has 3 aromatic rings. The van der Waals surface area contributed by atoms with Gasteiger partial charge >= 0.3 is 0 Å². The van der Waals surface area contributed by atoms with Crippen molar-refractivity contribution in [2.24, 2.45) is 0 Å². The van der Waals surface area contributed by atoms with E-state index in [-0.39, 0.29) is 19.1 Å². The van der Waals surface area contributed by atoms with E-state index in [1.807, 2.05) is 43.3 Å². The average molecular weight is 369 g/mol. The van der Waals surface area contributed by atoms with Crippen molar-refractivity contribution >= 4 is 11.4 Å². The summed E-state index contributed by atoms with van der Waals surface area (Å²) in [4.78, 5) is 17.0. The number of nitrogens with one attached hydrogen (secondary N) is 1. The molecule has 7 heteroatoms. The molecule has 0 bridgehead atoms. The molecule has 0 atom stereocenters. The van der Waals surface area contributed by atoms with Gasteiger partial charge in [-0.3, -0.25) is 9.78 Å². The first kappa shape index (κ1) is 18.9. The number of hydrogen-bond donors (Lipinski definition) is 3. The highest BCUT2D eigenvalue weighted by Gasteiger charge is 2.27. The molecule has 27 heavy (non-hydrogen) atoms. The minimum atomic E-state index is -1.10. The molecule has 3 heterocycles. The summed E-state index contributed by atoms with van der Waals surface area (Å²) in [6.07, 6.45) is 3.45. The number of aliphatic hydroxyl groups excluding tert-OH is 2. The van der Waals surface area contributed by atoms with E-state index in [9.17, 15) is 15.0 Å². The Kier molecular flexibility index (Phi) is 5.43. The molecule has 0 aliphatic heterocycles. The second-order valence-electron chi connectivity index (χ2n) is 6.78. The van der Waals surface area contributed by atoms with Crippen molar-refractivity contribution in [2.45, 2.75) is 26.0 Å². The smallest absolute Gasteiger partial charge is 0.269 e. The molecule has 0 fully saturated rings. The Labute approximate surface area is 157 Å². The number of nitrogens with zero attached hydrogens (tertiary/aromatic N) is 2. The molecule has 0 radical (unpaired) electrons. The van der Waals surface area contributed by atoms with Crippen molar-refractivity contribution < 1.29 is 19.7 Å². The highest BCUT2D eigenvalue weighted by atomic mass is 16.5. The van der Waals surface area contributed by atoms with Crippen molar-refractivity contribution in [1.82, 2.24) is 14.7 Å². The topological polar surface area (TPSA) is 96.1 Å². The van der Waals surface area contributed by atoms with E-state index in [1.165, 1.54) is 0 Å². The van der Waals surface area contributed by atoms with Crippen LogP contribution in [0.4, 0.5) is 0 Å². The molecule has 0 saturated carbocycles. The van der Waals surface area contributed by atoms with Crippen LogP contribution in [0.15, 0.2) is 48.8 Å². The van der Waals surface area contributed by atoms with E-state index in [4.69, 9.17) is 4.74 Å². The molecule has 3 aromatic heterocycles. The summed E-state index contributed by atoms with van der Waals surface area (Å²) in [5, 5.41) is 21.6. The Morgan fingerprint density at radius 2 is 2.04 bits per heavy atom. The number of ether oxygens (including phenoxy) is 1. The summed E-state index contributed by atoms with van der Waals surface area (Å²) in [5.41, 5.74) is 1.77. The van der Waals surface area contributed by atoms with Crippen molar-refractivity contribution in [1.29, 1.82) is 0 Å². The fourth-order valence-corrected chi connectivity index (χ4v) is 2.76. The van der Waals surface area contributed by atoms with Gasteiger partial charge < -0.3 is 24.7 Å². The third-order valence-electron chi connectivity index (χ3n) is 4.37. The second-order valence-corrected chi connectivity index (χ2v) is 6.78. The van der Waals surface area contributed by atoms with Gasteiger partial charge in [-0.15, -0.1) is 0 Å². The summed E-state index contributed by atoms with van der Waals surface area (Å²) >= 11 is 0. The van der Waals surface area contributed by atoms with Crippen molar-refractivity contribution in [2.75, 3.05) is 13.2 Å². The van der Waals surface area contributed by atoms with Crippen LogP contribution in [-0.2, 0) is 6.61 Å². The maximum atomic E-state index is 12.8. The largest absolute Gasteiger partial charge is 0.486 e. The minimum Gasteiger partial charge on any atom is -0.486 e. The van der Waals surface area contributed by atoms with Gasteiger partial charge in [-0.1, -0.05) is 6.07 Å². The summed E-state index contributed by atoms with van der Waals surface area (Å²) in [7, 11) is 0. The van der Waals surface area contributed by atoms with E-state index in [2.05, 4.69) is 10.3 Å². The molecule has 0 saturated heterocycles. The normalized spacial score (nSPS) is 11.6. The van der Waals surface area contributed by atoms with Crippen molar-refractivity contribution in [3.05, 3.63) is 65.7 Å². The third kappa shape index (κ3) is 4.10. The van der Waals surface area contributed by atoms with E-state index < -0.39 is 5.54 Å². The minimum absolute atomic E-state index is 0.321. The lowest BCUT2D eigenvalue weighted by molar-refractivity contribution is 0.0718. The summed E-state index contributed by atoms with van der Waals surface area (Å²) in [6.45, 7) is 3.01. The number of amides is 1. The molecule has 1 amide bonds. The lowest BCUT2D eigenvalue weighted by atomic mass is 10.1. The van der Waals surface area contributed by atoms with E-state index in [0.29, 0.717) is 18.1 Å². The van der Waals surface area contributed by atoms with E-state index in [0.717, 1.165) is 16.8 Å². The number of aryl methyl sites for hydroxylation is 1. The predicted octanol–water partition coefficient (Wildman–Crippen LogP) is 1.69. The monoisotopic (exact) mass is 369 g/mol. The van der Waals surface area contributed by atoms with Gasteiger partial charge in [0.2, 0.25) is 0 Å². The van der Waals surface area contributed by atoms with Gasteiger partial charge in [0, 0.05) is 11.7 Å². The van der Waals surface area contributed by atoms with Crippen LogP contribution in [0.3, 0.4) is 0 Å². The first-order valence-electron chi connectivity index (χ1n) is 8.64. The van der Waals surface area contributed by atoms with Gasteiger partial charge in [0.15, 0.2) is 0 Å². The predicted molar refractivity (Wildman–Crippen MR) is 101 cm³/mol. The third-order valence-corrected chi connectivity index (χ3v) is 4.37. The van der Waals surface area contributed by atoms with Gasteiger partial charge in [-0.05, 0) is 49.7 Å². The van der Waals surface area contributed by atoms with Gasteiger partial charge in [0.1, 0.15) is 18.1 Å². The van der Waals surface area contributed by atoms with Crippen LogP contribution in [0, 0.1) is 6.92 Å². The zero-order valence-electron chi connectivity index (χ0n) is 15.3. The molecular weight excluding hydrogens is 346 g/mol. The number of carbonyl (C=O) groups excluding carboxylic acids is 1. The quantitative estimate of drug-likeness (QED) is 0.589. The second kappa shape index (κ2) is 7.77. The molecule has 0 unspecified atom stereocenters. The Hall–Kier alpha value is -2.90. The highest BCUT2D eigenvalue weighted by molar-refractivity contribution is 5.96. The Bertz CT molecular complexity index is 933. The molecule has 0 aliphatic carbocycles. The van der Waals surface area contributed by atoms with E-state index in [1.54, 1.807) is 23.7 Å². The standard InChI is InChI=1S/C20H23N3O4/c1-14-9-16-6-7-17(27-11-15-5-3-4-8-21-15)10-23(16)18(14)19(26)22-20(2,12-24)13-25/h3-10,24-25H,11-13H2,1-2H3,(H,22,26). The average Bonchev–Trinajstić information content (AvgIpc) is 3.02. The fourth-order valence-electron chi connectivity index (χ4n) is 2.76. The van der Waals surface area contributed by atoms with Crippen LogP contribution in [0.2, 0.25) is 0 Å². The lowest BCUT2D eigenvalue weighted by Gasteiger charge is -2.26. The molecule has 0 aliphatic rings. The van der Waals surface area contributed by atoms with E-state index >= 15 is 0 Å². The number of carbonyl (C=O) groups is 1. The first-order chi connectivity index (χ1) is 13.0. The number of hydrogen-bond acceptors (Lipinski definition) is 5. The molecule has 3 rings (SSSR count). The van der Waals surface area contributed by atoms with Crippen LogP contribution in [0.1, 0.15) is 28.7 Å². The summed E-state index contributed by atoms with van der Waals surface area (Å²) in [5.74, 6) is 0.227. The number of aliphatic hydroxyl groups is 2. The SMILES string of the molecule is Cc1cc2ccc(OCc3ccccn3)cn2c1C(=O)NC(C)(CO)CO. The molecule has 7 nitrogen and oxygen atoms in total. The Morgan fingerprint density at radius 3 is 2.70 bits per heavy atom. The lowest BCUT2D eigenvalue weighted by Crippen LogP contribution is -2.52. The van der Waals surface area contributed by atoms with Crippen LogP contribution in [0.25, 0.3) is 5.52 Å². The zero-order chi connectivity index (χ0) is 19.4. The van der Waals surface area contributed by atoms with Gasteiger partial charge in [-0.2, -0.15) is 0 Å². The summed E-state index contributed by atoms with van der Waals surface area (Å²) in [6, 6.07) is 11.2. The van der Waals surface area contributed by atoms with Gasteiger partial charge in [0.05, 0.1) is 30.6 Å². The maximum absolute atomic E-state index is 12.8. The number of pyridine rings is 2. The molecule has 3 N–H and O–H groups in total. The van der Waals surface area contributed by atoms with Gasteiger partial charge in [-0.25, -0.2) is 0 Å². The van der Waals surface area contributed by atoms with Crippen molar-refractivity contribution in [3.8, 4) is 5.75 Å². The van der Waals surface area contributed by atoms with Crippen LogP contribution in [-0.4, -0.2) is 44.3 Å². The maximum Gasteiger partial charge on any atom is 0.269 e. The van der Waals surface area contributed by atoms with Crippen LogP contribution >= 0.6 is 0 Å². The number of fused-ring (bicyclic) bond motifs is 1. The fraction of sp³-hybridized carbons (Fsp3) is 0.300. The molecule has 0 aromatic carbocycles. The zero-order valence-corrected chi connectivity index (χ0v) is 15.3. The Balaban J connectivity index is 1.87. The number of rotatable bonds is 7. The first-order valence-corrected chi connectivity index (χ1v) is 8.64. The van der Waals surface area contributed by atoms with Gasteiger partial charge in [0.25, 0.3) is 5.91 Å². The van der Waals surface area contributed by atoms with Crippen LogP contribution < -0.4 is 10.1 Å². The van der Waals surface area contributed by atoms with Crippen LogP contribution in [0.5, 0.6) is 5.75 Å². The molecule has 142 valence electrons. The highest BCUT2D eigenvalue weighted by Crippen LogP contribution is 2.21. The number of aromatic nitrogens is 2. The molecule has 0 spiro atoms. The Morgan fingerprint density at radius 1 is 1.26 bits per heavy atom. The van der Waals surface area contributed by atoms with Crippen molar-refractivity contribution in [3.63, 3.8) is 0 Å². The molecular formula is C20H23N3O4. The summed E-state index contributed by atoms with van der Waals surface area (Å²) < 4.78 is 7.54.